The summed E-state index contributed by atoms with van der Waals surface area (Å²) in [6.07, 6.45) is 0. The van der Waals surface area contributed by atoms with Crippen molar-refractivity contribution in [3.63, 3.8) is 0 Å². The lowest BCUT2D eigenvalue weighted by Gasteiger charge is -2.21. The summed E-state index contributed by atoms with van der Waals surface area (Å²) in [4.78, 5) is 22.8. The van der Waals surface area contributed by atoms with E-state index in [1.165, 1.54) is 11.0 Å². The van der Waals surface area contributed by atoms with Gasteiger partial charge in [-0.05, 0) is 26.0 Å². The Labute approximate surface area is 98.0 Å². The number of hydrogen-bond acceptors (Lipinski definition) is 3. The van der Waals surface area contributed by atoms with Gasteiger partial charge in [-0.25, -0.2) is 0 Å². The van der Waals surface area contributed by atoms with Gasteiger partial charge in [-0.2, -0.15) is 4.39 Å². The minimum absolute atomic E-state index is 0.0271. The number of nitrogens with zero attached hydrogens (tertiary/aromatic N) is 2. The zero-order valence-electron chi connectivity index (χ0n) is 9.81. The van der Waals surface area contributed by atoms with E-state index in [9.17, 15) is 19.3 Å². The normalized spacial score (nSPS) is 10.4. The second kappa shape index (κ2) is 4.90. The number of rotatable bonds is 3. The lowest BCUT2D eigenvalue weighted by Crippen LogP contribution is -2.33. The zero-order chi connectivity index (χ0) is 13.2. The van der Waals surface area contributed by atoms with Gasteiger partial charge in [0, 0.05) is 24.7 Å². The third kappa shape index (κ3) is 2.77. The summed E-state index contributed by atoms with van der Waals surface area (Å²) >= 11 is 0. The van der Waals surface area contributed by atoms with Gasteiger partial charge in [0.15, 0.2) is 0 Å². The third-order valence-corrected chi connectivity index (χ3v) is 2.49. The van der Waals surface area contributed by atoms with Crippen LogP contribution in [0.15, 0.2) is 18.2 Å². The monoisotopic (exact) mass is 240 g/mol. The first-order valence-corrected chi connectivity index (χ1v) is 5.05. The maximum Gasteiger partial charge on any atom is 0.304 e. The van der Waals surface area contributed by atoms with Gasteiger partial charge < -0.3 is 4.90 Å². The Morgan fingerprint density at radius 1 is 1.47 bits per heavy atom. The number of nitro groups is 1. The number of carbonyl (C=O) groups excluding carboxylic acids is 1. The molecule has 0 saturated carbocycles. The summed E-state index contributed by atoms with van der Waals surface area (Å²) in [5.74, 6) is -1.37. The lowest BCUT2D eigenvalue weighted by atomic mass is 10.1. The van der Waals surface area contributed by atoms with Gasteiger partial charge in [-0.15, -0.1) is 0 Å². The molecule has 0 aliphatic rings. The number of carbonyl (C=O) groups is 1. The van der Waals surface area contributed by atoms with E-state index in [1.54, 1.807) is 7.05 Å². The Kier molecular flexibility index (Phi) is 3.77. The van der Waals surface area contributed by atoms with Crippen molar-refractivity contribution in [2.24, 2.45) is 0 Å². The Morgan fingerprint density at radius 2 is 2.06 bits per heavy atom. The summed E-state index contributed by atoms with van der Waals surface area (Å²) in [5, 5.41) is 10.4. The van der Waals surface area contributed by atoms with E-state index in [4.69, 9.17) is 0 Å². The highest BCUT2D eigenvalue weighted by molar-refractivity contribution is 5.94. The highest BCUT2D eigenvalue weighted by Crippen LogP contribution is 2.19. The Hall–Kier alpha value is -1.98. The molecule has 0 spiro atoms. The summed E-state index contributed by atoms with van der Waals surface area (Å²) in [6, 6.07) is 3.11. The van der Waals surface area contributed by atoms with Crippen LogP contribution < -0.4 is 0 Å². The Bertz CT molecular complexity index is 460. The van der Waals surface area contributed by atoms with Crippen LogP contribution in [0.25, 0.3) is 0 Å². The van der Waals surface area contributed by atoms with Crippen LogP contribution in [0.5, 0.6) is 0 Å². The molecule has 0 bridgehead atoms. The molecule has 0 atom stereocenters. The van der Waals surface area contributed by atoms with Gasteiger partial charge in [-0.1, -0.05) is 0 Å². The molecule has 1 aromatic carbocycles. The third-order valence-electron chi connectivity index (χ3n) is 2.49. The van der Waals surface area contributed by atoms with Crippen molar-refractivity contribution in [2.45, 2.75) is 19.9 Å². The van der Waals surface area contributed by atoms with E-state index < -0.39 is 16.4 Å². The van der Waals surface area contributed by atoms with E-state index in [0.717, 1.165) is 12.1 Å². The van der Waals surface area contributed by atoms with Gasteiger partial charge in [0.05, 0.1) is 4.92 Å². The first-order chi connectivity index (χ1) is 7.84. The first kappa shape index (κ1) is 13.1. The van der Waals surface area contributed by atoms with E-state index in [-0.39, 0.29) is 17.5 Å². The molecule has 0 unspecified atom stereocenters. The van der Waals surface area contributed by atoms with Crippen LogP contribution in [0.4, 0.5) is 10.1 Å². The zero-order valence-corrected chi connectivity index (χ0v) is 9.81. The van der Waals surface area contributed by atoms with Crippen molar-refractivity contribution in [3.8, 4) is 0 Å². The SMILES string of the molecule is CC(C)N(C)C(=O)c1ccc([N+](=O)[O-])c(F)c1. The summed E-state index contributed by atoms with van der Waals surface area (Å²) in [7, 11) is 1.59. The second-order valence-corrected chi connectivity index (χ2v) is 3.93. The minimum Gasteiger partial charge on any atom is -0.339 e. The van der Waals surface area contributed by atoms with Crippen molar-refractivity contribution in [2.75, 3.05) is 7.05 Å². The van der Waals surface area contributed by atoms with Gasteiger partial charge >= 0.3 is 5.69 Å². The van der Waals surface area contributed by atoms with E-state index >= 15 is 0 Å². The van der Waals surface area contributed by atoms with Gasteiger partial charge in [0.2, 0.25) is 5.82 Å². The second-order valence-electron chi connectivity index (χ2n) is 3.93. The molecular formula is C11H13FN2O3. The van der Waals surface area contributed by atoms with Crippen molar-refractivity contribution in [1.29, 1.82) is 0 Å². The molecule has 6 heteroatoms. The molecule has 5 nitrogen and oxygen atoms in total. The molecule has 0 saturated heterocycles. The van der Waals surface area contributed by atoms with E-state index in [2.05, 4.69) is 0 Å². The van der Waals surface area contributed by atoms with Crippen LogP contribution in [0.3, 0.4) is 0 Å². The fourth-order valence-electron chi connectivity index (χ4n) is 1.23. The summed E-state index contributed by atoms with van der Waals surface area (Å²) < 4.78 is 13.3. The smallest absolute Gasteiger partial charge is 0.304 e. The molecule has 0 N–H and O–H groups in total. The average Bonchev–Trinajstić information content (AvgIpc) is 2.26. The van der Waals surface area contributed by atoms with Crippen LogP contribution in [-0.4, -0.2) is 28.8 Å². The number of benzene rings is 1. The van der Waals surface area contributed by atoms with Crippen LogP contribution >= 0.6 is 0 Å². The van der Waals surface area contributed by atoms with Crippen LogP contribution in [0, 0.1) is 15.9 Å². The predicted molar refractivity (Wildman–Crippen MR) is 60.3 cm³/mol. The molecule has 0 aliphatic heterocycles. The minimum atomic E-state index is -1.00. The Balaban J connectivity index is 3.06. The fraction of sp³-hybridized carbons (Fsp3) is 0.364. The molecule has 1 aromatic rings. The average molecular weight is 240 g/mol. The summed E-state index contributed by atoms with van der Waals surface area (Å²) in [5.41, 5.74) is -0.530. The predicted octanol–water partition coefficient (Wildman–Crippen LogP) is 2.21. The summed E-state index contributed by atoms with van der Waals surface area (Å²) in [6.45, 7) is 3.64. The molecule has 0 aliphatic carbocycles. The molecule has 0 fully saturated rings. The highest BCUT2D eigenvalue weighted by Gasteiger charge is 2.19. The molecule has 0 heterocycles. The molecule has 0 radical (unpaired) electrons. The van der Waals surface area contributed by atoms with Crippen LogP contribution in [-0.2, 0) is 0 Å². The van der Waals surface area contributed by atoms with Gasteiger partial charge in [-0.3, -0.25) is 14.9 Å². The molecular weight excluding hydrogens is 227 g/mol. The van der Waals surface area contributed by atoms with Gasteiger partial charge in [0.1, 0.15) is 0 Å². The standard InChI is InChI=1S/C11H13FN2O3/c1-7(2)13(3)11(15)8-4-5-10(14(16)17)9(12)6-8/h4-7H,1-3H3. The fourth-order valence-corrected chi connectivity index (χ4v) is 1.23. The number of halogens is 1. The molecule has 17 heavy (non-hydrogen) atoms. The molecule has 1 amide bonds. The Morgan fingerprint density at radius 3 is 2.47 bits per heavy atom. The number of hydrogen-bond donors (Lipinski definition) is 0. The van der Waals surface area contributed by atoms with Crippen molar-refractivity contribution >= 4 is 11.6 Å². The maximum absolute atomic E-state index is 13.3. The topological polar surface area (TPSA) is 63.5 Å². The number of amides is 1. The lowest BCUT2D eigenvalue weighted by molar-refractivity contribution is -0.387. The molecule has 1 rings (SSSR count). The van der Waals surface area contributed by atoms with Crippen molar-refractivity contribution in [3.05, 3.63) is 39.7 Å². The van der Waals surface area contributed by atoms with Crippen LogP contribution in [0.2, 0.25) is 0 Å². The first-order valence-electron chi connectivity index (χ1n) is 5.05. The van der Waals surface area contributed by atoms with Gasteiger partial charge in [0.25, 0.3) is 5.91 Å². The largest absolute Gasteiger partial charge is 0.339 e. The molecule has 92 valence electrons. The van der Waals surface area contributed by atoms with Crippen molar-refractivity contribution < 1.29 is 14.1 Å². The van der Waals surface area contributed by atoms with E-state index in [0.29, 0.717) is 0 Å². The number of nitro benzene ring substituents is 1. The highest BCUT2D eigenvalue weighted by atomic mass is 19.1. The maximum atomic E-state index is 13.3. The van der Waals surface area contributed by atoms with Crippen LogP contribution in [0.1, 0.15) is 24.2 Å². The quantitative estimate of drug-likeness (QED) is 0.601. The molecule has 0 aromatic heterocycles. The van der Waals surface area contributed by atoms with Crippen molar-refractivity contribution in [1.82, 2.24) is 4.90 Å². The van der Waals surface area contributed by atoms with E-state index in [1.807, 2.05) is 13.8 Å².